The zero-order valence-corrected chi connectivity index (χ0v) is 14.9. The van der Waals surface area contributed by atoms with E-state index in [1.165, 1.54) is 23.8 Å². The monoisotopic (exact) mass is 390 g/mol. The van der Waals surface area contributed by atoms with Crippen molar-refractivity contribution in [1.82, 2.24) is 10.2 Å². The summed E-state index contributed by atoms with van der Waals surface area (Å²) < 4.78 is 13.6. The Bertz CT molecular complexity index is 708. The molecule has 0 aromatic heterocycles. The number of carbonyl (C=O) groups is 1. The average Bonchev–Trinajstić information content (AvgIpc) is 2.56. The summed E-state index contributed by atoms with van der Waals surface area (Å²) >= 11 is 3.26. The van der Waals surface area contributed by atoms with Crippen LogP contribution >= 0.6 is 15.9 Å². The van der Waals surface area contributed by atoms with Crippen molar-refractivity contribution in [2.45, 2.75) is 25.4 Å². The summed E-state index contributed by atoms with van der Waals surface area (Å²) in [6.45, 7) is 2.77. The van der Waals surface area contributed by atoms with Crippen molar-refractivity contribution in [2.75, 3.05) is 13.1 Å². The number of halogens is 2. The van der Waals surface area contributed by atoms with Crippen molar-refractivity contribution >= 4 is 21.8 Å². The molecule has 2 aromatic carbocycles. The average molecular weight is 391 g/mol. The Hall–Kier alpha value is -1.72. The molecule has 1 aliphatic heterocycles. The molecule has 1 N–H and O–H groups in total. The topological polar surface area (TPSA) is 32.3 Å². The van der Waals surface area contributed by atoms with E-state index in [-0.39, 0.29) is 17.8 Å². The normalized spacial score (nSPS) is 18.3. The molecular weight excluding hydrogens is 371 g/mol. The van der Waals surface area contributed by atoms with Gasteiger partial charge in [0, 0.05) is 23.6 Å². The van der Waals surface area contributed by atoms with Gasteiger partial charge in [0.25, 0.3) is 5.91 Å². The maximum Gasteiger partial charge on any atom is 0.252 e. The number of piperidine rings is 1. The van der Waals surface area contributed by atoms with E-state index < -0.39 is 0 Å². The highest BCUT2D eigenvalue weighted by atomic mass is 79.9. The molecule has 1 aliphatic rings. The molecule has 5 heteroatoms. The van der Waals surface area contributed by atoms with E-state index >= 15 is 0 Å². The molecule has 0 spiro atoms. The van der Waals surface area contributed by atoms with Gasteiger partial charge in [-0.1, -0.05) is 30.3 Å². The second-order valence-electron chi connectivity index (χ2n) is 6.16. The van der Waals surface area contributed by atoms with Gasteiger partial charge in [-0.05, 0) is 59.1 Å². The van der Waals surface area contributed by atoms with Crippen LogP contribution in [0.15, 0.2) is 53.0 Å². The smallest absolute Gasteiger partial charge is 0.252 e. The largest absolute Gasteiger partial charge is 0.348 e. The number of likely N-dealkylation sites (tertiary alicyclic amines) is 1. The van der Waals surface area contributed by atoms with E-state index in [0.717, 1.165) is 32.5 Å². The van der Waals surface area contributed by atoms with E-state index in [1.807, 2.05) is 18.2 Å². The van der Waals surface area contributed by atoms with Gasteiger partial charge in [-0.2, -0.15) is 0 Å². The molecule has 2 aromatic rings. The summed E-state index contributed by atoms with van der Waals surface area (Å²) in [5.41, 5.74) is 1.75. The Morgan fingerprint density at radius 3 is 2.79 bits per heavy atom. The summed E-state index contributed by atoms with van der Waals surface area (Å²) in [7, 11) is 0. The van der Waals surface area contributed by atoms with Gasteiger partial charge < -0.3 is 5.32 Å². The summed E-state index contributed by atoms with van der Waals surface area (Å²) in [5, 5.41) is 3.08. The summed E-state index contributed by atoms with van der Waals surface area (Å²) in [5.74, 6) is -0.515. The molecule has 1 atom stereocenters. The summed E-state index contributed by atoms with van der Waals surface area (Å²) in [6.07, 6.45) is 2.03. The van der Waals surface area contributed by atoms with Crippen LogP contribution in [0.3, 0.4) is 0 Å². The fraction of sp³-hybridized carbons (Fsp3) is 0.316. The van der Waals surface area contributed by atoms with Crippen molar-refractivity contribution in [3.8, 4) is 0 Å². The first-order valence-electron chi connectivity index (χ1n) is 8.14. The Labute approximate surface area is 150 Å². The molecule has 126 valence electrons. The van der Waals surface area contributed by atoms with E-state index in [4.69, 9.17) is 0 Å². The van der Waals surface area contributed by atoms with Crippen LogP contribution in [0.4, 0.5) is 4.39 Å². The van der Waals surface area contributed by atoms with Gasteiger partial charge in [-0.15, -0.1) is 0 Å². The number of benzene rings is 2. The SMILES string of the molecule is O=C(N[C@@H]1CCCN(Cc2ccccc2)C1)c1ccc(F)cc1Br. The van der Waals surface area contributed by atoms with Crippen LogP contribution in [0.25, 0.3) is 0 Å². The number of hydrogen-bond acceptors (Lipinski definition) is 2. The minimum Gasteiger partial charge on any atom is -0.348 e. The lowest BCUT2D eigenvalue weighted by Gasteiger charge is -2.33. The van der Waals surface area contributed by atoms with E-state index in [2.05, 4.69) is 38.3 Å². The second kappa shape index (κ2) is 7.90. The molecule has 3 nitrogen and oxygen atoms in total. The van der Waals surface area contributed by atoms with Crippen LogP contribution in [0.5, 0.6) is 0 Å². The third-order valence-electron chi connectivity index (χ3n) is 4.27. The Morgan fingerprint density at radius 1 is 1.25 bits per heavy atom. The minimum absolute atomic E-state index is 0.118. The maximum atomic E-state index is 13.2. The zero-order chi connectivity index (χ0) is 16.9. The molecule has 0 unspecified atom stereocenters. The first kappa shape index (κ1) is 17.1. The third kappa shape index (κ3) is 4.42. The Balaban J connectivity index is 1.59. The molecule has 0 bridgehead atoms. The number of nitrogens with one attached hydrogen (secondary N) is 1. The van der Waals surface area contributed by atoms with E-state index in [0.29, 0.717) is 10.0 Å². The van der Waals surface area contributed by atoms with Crippen LogP contribution in [0.1, 0.15) is 28.8 Å². The van der Waals surface area contributed by atoms with Crippen molar-refractivity contribution in [3.63, 3.8) is 0 Å². The number of nitrogens with zero attached hydrogens (tertiary/aromatic N) is 1. The highest BCUT2D eigenvalue weighted by Crippen LogP contribution is 2.19. The van der Waals surface area contributed by atoms with Crippen molar-refractivity contribution in [3.05, 3.63) is 69.9 Å². The molecule has 0 aliphatic carbocycles. The predicted molar refractivity (Wildman–Crippen MR) is 96.3 cm³/mol. The number of carbonyl (C=O) groups excluding carboxylic acids is 1. The lowest BCUT2D eigenvalue weighted by molar-refractivity contribution is 0.0900. The lowest BCUT2D eigenvalue weighted by Crippen LogP contribution is -2.47. The quantitative estimate of drug-likeness (QED) is 0.855. The van der Waals surface area contributed by atoms with Gasteiger partial charge in [-0.3, -0.25) is 9.69 Å². The Kier molecular flexibility index (Phi) is 5.63. The molecule has 1 fully saturated rings. The second-order valence-corrected chi connectivity index (χ2v) is 7.01. The van der Waals surface area contributed by atoms with Crippen molar-refractivity contribution in [2.24, 2.45) is 0 Å². The van der Waals surface area contributed by atoms with Crippen LogP contribution in [0, 0.1) is 5.82 Å². The van der Waals surface area contributed by atoms with Crippen LogP contribution in [-0.2, 0) is 6.54 Å². The minimum atomic E-state index is -0.356. The van der Waals surface area contributed by atoms with Gasteiger partial charge >= 0.3 is 0 Å². The summed E-state index contributed by atoms with van der Waals surface area (Å²) in [6, 6.07) is 14.6. The van der Waals surface area contributed by atoms with E-state index in [9.17, 15) is 9.18 Å². The van der Waals surface area contributed by atoms with Crippen LogP contribution in [0.2, 0.25) is 0 Å². The third-order valence-corrected chi connectivity index (χ3v) is 4.92. The predicted octanol–water partition coefficient (Wildman–Crippen LogP) is 3.98. The van der Waals surface area contributed by atoms with Gasteiger partial charge in [-0.25, -0.2) is 4.39 Å². The number of hydrogen-bond donors (Lipinski definition) is 1. The highest BCUT2D eigenvalue weighted by Gasteiger charge is 2.22. The van der Waals surface area contributed by atoms with Crippen molar-refractivity contribution < 1.29 is 9.18 Å². The molecule has 3 rings (SSSR count). The van der Waals surface area contributed by atoms with Crippen LogP contribution in [-0.4, -0.2) is 29.9 Å². The fourth-order valence-corrected chi connectivity index (χ4v) is 3.63. The van der Waals surface area contributed by atoms with Gasteiger partial charge in [0.15, 0.2) is 0 Å². The van der Waals surface area contributed by atoms with Gasteiger partial charge in [0.05, 0.1) is 5.56 Å². The molecular formula is C19H20BrFN2O. The zero-order valence-electron chi connectivity index (χ0n) is 13.3. The first-order valence-corrected chi connectivity index (χ1v) is 8.93. The molecule has 0 radical (unpaired) electrons. The standard InChI is InChI=1S/C19H20BrFN2O/c20-18-11-15(21)8-9-17(18)19(24)22-16-7-4-10-23(13-16)12-14-5-2-1-3-6-14/h1-3,5-6,8-9,11,16H,4,7,10,12-13H2,(H,22,24)/t16-/m1/s1. The number of amides is 1. The van der Waals surface area contributed by atoms with Crippen LogP contribution < -0.4 is 5.32 Å². The van der Waals surface area contributed by atoms with E-state index in [1.54, 1.807) is 0 Å². The molecule has 1 heterocycles. The summed E-state index contributed by atoms with van der Waals surface area (Å²) in [4.78, 5) is 14.8. The lowest BCUT2D eigenvalue weighted by atomic mass is 10.0. The molecule has 24 heavy (non-hydrogen) atoms. The number of rotatable bonds is 4. The molecule has 1 saturated heterocycles. The van der Waals surface area contributed by atoms with Crippen molar-refractivity contribution in [1.29, 1.82) is 0 Å². The van der Waals surface area contributed by atoms with Gasteiger partial charge in [0.1, 0.15) is 5.82 Å². The highest BCUT2D eigenvalue weighted by molar-refractivity contribution is 9.10. The fourth-order valence-electron chi connectivity index (χ4n) is 3.10. The molecule has 1 amide bonds. The first-order chi connectivity index (χ1) is 11.6. The van der Waals surface area contributed by atoms with Gasteiger partial charge in [0.2, 0.25) is 0 Å². The molecule has 0 saturated carbocycles. The Morgan fingerprint density at radius 2 is 2.04 bits per heavy atom. The maximum absolute atomic E-state index is 13.2.